The van der Waals surface area contributed by atoms with Gasteiger partial charge in [-0.15, -0.1) is 0 Å². The number of amides is 1. The standard InChI is InChI=1S/C14H21N3O/c1-10-2-5-12(6-3-10)14(18)17-13-7-4-11(8-15)9-16-13/h4,7,9-10,12H,2-3,5-6,8,15H2,1H3,(H,16,17,18). The van der Waals surface area contributed by atoms with Gasteiger partial charge >= 0.3 is 0 Å². The predicted octanol–water partition coefficient (Wildman–Crippen LogP) is 2.31. The van der Waals surface area contributed by atoms with Crippen LogP contribution in [-0.4, -0.2) is 10.9 Å². The Hall–Kier alpha value is -1.42. The maximum Gasteiger partial charge on any atom is 0.228 e. The summed E-state index contributed by atoms with van der Waals surface area (Å²) in [5, 5.41) is 2.89. The fraction of sp³-hybridized carbons (Fsp3) is 0.571. The molecule has 4 heteroatoms. The molecule has 1 aromatic rings. The van der Waals surface area contributed by atoms with E-state index in [-0.39, 0.29) is 11.8 Å². The van der Waals surface area contributed by atoms with E-state index < -0.39 is 0 Å². The van der Waals surface area contributed by atoms with Crippen LogP contribution in [0.5, 0.6) is 0 Å². The molecule has 0 radical (unpaired) electrons. The molecule has 1 aromatic heterocycles. The second-order valence-electron chi connectivity index (χ2n) is 5.20. The number of anilines is 1. The minimum atomic E-state index is 0.106. The van der Waals surface area contributed by atoms with Crippen molar-refractivity contribution in [3.05, 3.63) is 23.9 Å². The van der Waals surface area contributed by atoms with E-state index in [1.165, 1.54) is 0 Å². The Morgan fingerprint density at radius 1 is 1.39 bits per heavy atom. The molecule has 18 heavy (non-hydrogen) atoms. The smallest absolute Gasteiger partial charge is 0.228 e. The second kappa shape index (κ2) is 5.96. The van der Waals surface area contributed by atoms with Gasteiger partial charge in [0.25, 0.3) is 0 Å². The number of carbonyl (C=O) groups excluding carboxylic acids is 1. The zero-order valence-electron chi connectivity index (χ0n) is 10.9. The predicted molar refractivity (Wildman–Crippen MR) is 71.9 cm³/mol. The molecule has 0 atom stereocenters. The molecule has 0 unspecified atom stereocenters. The number of pyridine rings is 1. The molecule has 4 nitrogen and oxygen atoms in total. The summed E-state index contributed by atoms with van der Waals surface area (Å²) in [5.74, 6) is 1.64. The van der Waals surface area contributed by atoms with Crippen LogP contribution in [0.15, 0.2) is 18.3 Å². The van der Waals surface area contributed by atoms with Gasteiger partial charge in [0.2, 0.25) is 5.91 Å². The highest BCUT2D eigenvalue weighted by Gasteiger charge is 2.24. The van der Waals surface area contributed by atoms with Crippen LogP contribution in [0.3, 0.4) is 0 Å². The van der Waals surface area contributed by atoms with Crippen molar-refractivity contribution in [1.29, 1.82) is 0 Å². The zero-order valence-corrected chi connectivity index (χ0v) is 10.9. The first-order chi connectivity index (χ1) is 8.69. The Balaban J connectivity index is 1.90. The summed E-state index contributed by atoms with van der Waals surface area (Å²) in [6.07, 6.45) is 6.00. The van der Waals surface area contributed by atoms with E-state index in [4.69, 9.17) is 5.73 Å². The van der Waals surface area contributed by atoms with E-state index in [9.17, 15) is 4.79 Å². The van der Waals surface area contributed by atoms with Crippen LogP contribution < -0.4 is 11.1 Å². The third kappa shape index (κ3) is 3.29. The molecule has 0 bridgehead atoms. The van der Waals surface area contributed by atoms with Crippen molar-refractivity contribution < 1.29 is 4.79 Å². The van der Waals surface area contributed by atoms with Crippen LogP contribution in [0.25, 0.3) is 0 Å². The summed E-state index contributed by atoms with van der Waals surface area (Å²) in [6, 6.07) is 3.71. The fourth-order valence-electron chi connectivity index (χ4n) is 2.37. The molecule has 98 valence electrons. The molecule has 2 rings (SSSR count). The van der Waals surface area contributed by atoms with Gasteiger partial charge in [0.15, 0.2) is 0 Å². The van der Waals surface area contributed by atoms with Gasteiger partial charge < -0.3 is 11.1 Å². The van der Waals surface area contributed by atoms with Gasteiger partial charge in [0, 0.05) is 18.7 Å². The van der Waals surface area contributed by atoms with Crippen molar-refractivity contribution in [1.82, 2.24) is 4.98 Å². The quantitative estimate of drug-likeness (QED) is 0.861. The van der Waals surface area contributed by atoms with Crippen molar-refractivity contribution >= 4 is 11.7 Å². The van der Waals surface area contributed by atoms with Crippen LogP contribution >= 0.6 is 0 Å². The number of carbonyl (C=O) groups is 1. The minimum Gasteiger partial charge on any atom is -0.326 e. The molecular weight excluding hydrogens is 226 g/mol. The number of hydrogen-bond acceptors (Lipinski definition) is 3. The highest BCUT2D eigenvalue weighted by molar-refractivity contribution is 5.91. The Labute approximate surface area is 108 Å². The first-order valence-corrected chi connectivity index (χ1v) is 6.65. The van der Waals surface area contributed by atoms with E-state index in [0.29, 0.717) is 12.4 Å². The van der Waals surface area contributed by atoms with Crippen LogP contribution in [0.2, 0.25) is 0 Å². The van der Waals surface area contributed by atoms with E-state index in [2.05, 4.69) is 17.2 Å². The summed E-state index contributed by atoms with van der Waals surface area (Å²) in [5.41, 5.74) is 6.48. The summed E-state index contributed by atoms with van der Waals surface area (Å²) in [4.78, 5) is 16.2. The maximum absolute atomic E-state index is 12.1. The normalized spacial score (nSPS) is 23.7. The van der Waals surface area contributed by atoms with Crippen molar-refractivity contribution in [3.8, 4) is 0 Å². The molecule has 0 aromatic carbocycles. The van der Waals surface area contributed by atoms with E-state index >= 15 is 0 Å². The Kier molecular flexibility index (Phi) is 4.31. The Morgan fingerprint density at radius 3 is 2.67 bits per heavy atom. The number of nitrogens with two attached hydrogens (primary N) is 1. The van der Waals surface area contributed by atoms with Crippen LogP contribution in [0.4, 0.5) is 5.82 Å². The molecule has 1 fully saturated rings. The summed E-state index contributed by atoms with van der Waals surface area (Å²) in [7, 11) is 0. The number of rotatable bonds is 3. The van der Waals surface area contributed by atoms with Gasteiger partial charge in [-0.25, -0.2) is 4.98 Å². The van der Waals surface area contributed by atoms with Gasteiger partial charge in [0.05, 0.1) is 0 Å². The topological polar surface area (TPSA) is 68.0 Å². The summed E-state index contributed by atoms with van der Waals surface area (Å²) in [6.45, 7) is 2.73. The molecule has 1 aliphatic carbocycles. The molecule has 1 amide bonds. The van der Waals surface area contributed by atoms with E-state index in [1.807, 2.05) is 12.1 Å². The molecule has 1 aliphatic rings. The molecule has 3 N–H and O–H groups in total. The number of hydrogen-bond donors (Lipinski definition) is 2. The molecule has 0 saturated heterocycles. The number of nitrogens with zero attached hydrogens (tertiary/aromatic N) is 1. The maximum atomic E-state index is 12.1. The van der Waals surface area contributed by atoms with Crippen LogP contribution in [0, 0.1) is 11.8 Å². The number of aromatic nitrogens is 1. The Bertz CT molecular complexity index is 394. The summed E-state index contributed by atoms with van der Waals surface area (Å²) < 4.78 is 0. The van der Waals surface area contributed by atoms with Gasteiger partial charge in [-0.05, 0) is 43.2 Å². The average Bonchev–Trinajstić information content (AvgIpc) is 2.40. The molecule has 0 spiro atoms. The highest BCUT2D eigenvalue weighted by atomic mass is 16.1. The van der Waals surface area contributed by atoms with Crippen molar-refractivity contribution in [3.63, 3.8) is 0 Å². The Morgan fingerprint density at radius 2 is 2.11 bits per heavy atom. The van der Waals surface area contributed by atoms with E-state index in [1.54, 1.807) is 6.20 Å². The second-order valence-corrected chi connectivity index (χ2v) is 5.20. The largest absolute Gasteiger partial charge is 0.326 e. The van der Waals surface area contributed by atoms with Crippen molar-refractivity contribution in [2.45, 2.75) is 39.2 Å². The third-order valence-electron chi connectivity index (χ3n) is 3.70. The number of nitrogens with one attached hydrogen (secondary N) is 1. The zero-order chi connectivity index (χ0) is 13.0. The minimum absolute atomic E-state index is 0.106. The summed E-state index contributed by atoms with van der Waals surface area (Å²) >= 11 is 0. The molecule has 1 saturated carbocycles. The van der Waals surface area contributed by atoms with Crippen molar-refractivity contribution in [2.75, 3.05) is 5.32 Å². The lowest BCUT2D eigenvalue weighted by atomic mass is 9.82. The van der Waals surface area contributed by atoms with Crippen LogP contribution in [-0.2, 0) is 11.3 Å². The average molecular weight is 247 g/mol. The molecular formula is C14H21N3O. The van der Waals surface area contributed by atoms with Gasteiger partial charge in [-0.1, -0.05) is 13.0 Å². The third-order valence-corrected chi connectivity index (χ3v) is 3.70. The van der Waals surface area contributed by atoms with Gasteiger partial charge in [-0.3, -0.25) is 4.79 Å². The van der Waals surface area contributed by atoms with Crippen LogP contribution in [0.1, 0.15) is 38.2 Å². The lowest BCUT2D eigenvalue weighted by Crippen LogP contribution is -2.26. The first-order valence-electron chi connectivity index (χ1n) is 6.65. The van der Waals surface area contributed by atoms with E-state index in [0.717, 1.165) is 37.2 Å². The van der Waals surface area contributed by atoms with Gasteiger partial charge in [-0.2, -0.15) is 0 Å². The molecule has 1 heterocycles. The highest BCUT2D eigenvalue weighted by Crippen LogP contribution is 2.28. The monoisotopic (exact) mass is 247 g/mol. The lowest BCUT2D eigenvalue weighted by molar-refractivity contribution is -0.121. The van der Waals surface area contributed by atoms with Gasteiger partial charge in [0.1, 0.15) is 5.82 Å². The van der Waals surface area contributed by atoms with Crippen molar-refractivity contribution in [2.24, 2.45) is 17.6 Å². The SMILES string of the molecule is CC1CCC(C(=O)Nc2ccc(CN)cn2)CC1. The molecule has 0 aliphatic heterocycles. The fourth-order valence-corrected chi connectivity index (χ4v) is 2.37. The first kappa shape index (κ1) is 13.0. The lowest BCUT2D eigenvalue weighted by Gasteiger charge is -2.25.